The van der Waals surface area contributed by atoms with E-state index in [9.17, 15) is 0 Å². The van der Waals surface area contributed by atoms with Gasteiger partial charge in [0.1, 0.15) is 11.0 Å². The molecule has 1 aromatic heterocycles. The summed E-state index contributed by atoms with van der Waals surface area (Å²) in [4.78, 5) is 9.17. The number of rotatable bonds is 3. The lowest BCUT2D eigenvalue weighted by Gasteiger charge is -2.29. The number of aryl methyl sites for hydroxylation is 1. The number of halogens is 2. The van der Waals surface area contributed by atoms with Crippen LogP contribution in [0.15, 0.2) is 4.47 Å². The maximum Gasteiger partial charge on any atom is 0.147 e. The van der Waals surface area contributed by atoms with Gasteiger partial charge in [0, 0.05) is 16.8 Å². The first-order valence-corrected chi connectivity index (χ1v) is 9.39. The Bertz CT molecular complexity index is 431. The molecule has 1 saturated heterocycles. The van der Waals surface area contributed by atoms with Crippen LogP contribution in [0.3, 0.4) is 0 Å². The minimum Gasteiger partial charge on any atom is -0.235 e. The Morgan fingerprint density at radius 3 is 2.67 bits per heavy atom. The first-order chi connectivity index (χ1) is 8.67. The molecule has 1 aliphatic heterocycles. The van der Waals surface area contributed by atoms with Crippen LogP contribution in [0.5, 0.6) is 0 Å². The van der Waals surface area contributed by atoms with Gasteiger partial charge in [-0.3, -0.25) is 0 Å². The molecule has 2 atom stereocenters. The third kappa shape index (κ3) is 3.17. The lowest BCUT2D eigenvalue weighted by molar-refractivity contribution is 0.739. The van der Waals surface area contributed by atoms with Crippen molar-refractivity contribution in [2.24, 2.45) is 0 Å². The highest BCUT2D eigenvalue weighted by molar-refractivity contribution is 9.10. The molecule has 0 spiro atoms. The standard InChI is InChI=1S/C12H16BrClN2S2/c1-3-7-9(13)11(14)16-12(15-7)10-8(4-2)17-5-6-18-10/h8,10H,3-6H2,1-2H3. The zero-order chi connectivity index (χ0) is 13.1. The predicted molar refractivity (Wildman–Crippen MR) is 85.9 cm³/mol. The molecule has 2 unspecified atom stereocenters. The normalized spacial score (nSPS) is 24.2. The third-order valence-electron chi connectivity index (χ3n) is 2.94. The molecule has 2 heterocycles. The van der Waals surface area contributed by atoms with Crippen molar-refractivity contribution in [3.63, 3.8) is 0 Å². The maximum absolute atomic E-state index is 6.19. The summed E-state index contributed by atoms with van der Waals surface area (Å²) in [5, 5.41) is 1.53. The average molecular weight is 368 g/mol. The largest absolute Gasteiger partial charge is 0.235 e. The van der Waals surface area contributed by atoms with Crippen LogP contribution in [0.25, 0.3) is 0 Å². The van der Waals surface area contributed by atoms with Crippen LogP contribution in [0.1, 0.15) is 37.0 Å². The fourth-order valence-corrected chi connectivity index (χ4v) is 5.63. The zero-order valence-corrected chi connectivity index (χ0v) is 14.4. The van der Waals surface area contributed by atoms with Gasteiger partial charge in [-0.15, -0.1) is 11.8 Å². The van der Waals surface area contributed by atoms with E-state index in [0.717, 1.165) is 28.8 Å². The van der Waals surface area contributed by atoms with Crippen molar-refractivity contribution in [2.75, 3.05) is 11.5 Å². The van der Waals surface area contributed by atoms with Crippen molar-refractivity contribution in [3.05, 3.63) is 21.1 Å². The number of hydrogen-bond donors (Lipinski definition) is 0. The van der Waals surface area contributed by atoms with E-state index >= 15 is 0 Å². The fraction of sp³-hybridized carbons (Fsp3) is 0.667. The highest BCUT2D eigenvalue weighted by Gasteiger charge is 2.29. The highest BCUT2D eigenvalue weighted by Crippen LogP contribution is 2.43. The van der Waals surface area contributed by atoms with Gasteiger partial charge in [-0.25, -0.2) is 9.97 Å². The lowest BCUT2D eigenvalue weighted by atomic mass is 10.2. The van der Waals surface area contributed by atoms with Crippen molar-refractivity contribution < 1.29 is 0 Å². The van der Waals surface area contributed by atoms with Crippen LogP contribution >= 0.6 is 51.1 Å². The molecule has 0 N–H and O–H groups in total. The topological polar surface area (TPSA) is 25.8 Å². The fourth-order valence-electron chi connectivity index (χ4n) is 1.98. The molecule has 0 radical (unpaired) electrons. The van der Waals surface area contributed by atoms with Crippen LogP contribution in [-0.2, 0) is 6.42 Å². The molecular formula is C12H16BrClN2S2. The predicted octanol–water partition coefficient (Wildman–Crippen LogP) is 4.75. The van der Waals surface area contributed by atoms with E-state index in [1.807, 2.05) is 23.5 Å². The molecule has 0 saturated carbocycles. The molecule has 1 aromatic rings. The summed E-state index contributed by atoms with van der Waals surface area (Å²) in [5.74, 6) is 3.30. The highest BCUT2D eigenvalue weighted by atomic mass is 79.9. The van der Waals surface area contributed by atoms with E-state index in [1.165, 1.54) is 11.5 Å². The molecule has 18 heavy (non-hydrogen) atoms. The van der Waals surface area contributed by atoms with Gasteiger partial charge >= 0.3 is 0 Å². The Morgan fingerprint density at radius 2 is 2.00 bits per heavy atom. The van der Waals surface area contributed by atoms with Gasteiger partial charge in [-0.1, -0.05) is 25.4 Å². The molecular weight excluding hydrogens is 352 g/mol. The summed E-state index contributed by atoms with van der Waals surface area (Å²) in [6.45, 7) is 4.32. The second-order valence-corrected chi connectivity index (χ2v) is 7.84. The van der Waals surface area contributed by atoms with Gasteiger partial charge in [-0.2, -0.15) is 11.8 Å². The number of thioether (sulfide) groups is 2. The van der Waals surface area contributed by atoms with E-state index in [2.05, 4.69) is 34.8 Å². The summed E-state index contributed by atoms with van der Waals surface area (Å²) >= 11 is 13.7. The van der Waals surface area contributed by atoms with Gasteiger partial charge in [0.2, 0.25) is 0 Å². The molecule has 0 aromatic carbocycles. The van der Waals surface area contributed by atoms with Crippen molar-refractivity contribution in [1.82, 2.24) is 9.97 Å². The molecule has 2 rings (SSSR count). The minimum absolute atomic E-state index is 0.379. The van der Waals surface area contributed by atoms with Crippen LogP contribution < -0.4 is 0 Å². The minimum atomic E-state index is 0.379. The Morgan fingerprint density at radius 1 is 1.28 bits per heavy atom. The average Bonchev–Trinajstić information content (AvgIpc) is 2.41. The van der Waals surface area contributed by atoms with Gasteiger partial charge in [0.25, 0.3) is 0 Å². The second kappa shape index (κ2) is 6.82. The molecule has 2 nitrogen and oxygen atoms in total. The molecule has 6 heteroatoms. The second-order valence-electron chi connectivity index (χ2n) is 4.10. The third-order valence-corrected chi connectivity index (χ3v) is 7.52. The summed E-state index contributed by atoms with van der Waals surface area (Å²) in [7, 11) is 0. The van der Waals surface area contributed by atoms with Gasteiger partial charge < -0.3 is 0 Å². The van der Waals surface area contributed by atoms with Gasteiger partial charge in [0.15, 0.2) is 0 Å². The van der Waals surface area contributed by atoms with Crippen molar-refractivity contribution in [2.45, 2.75) is 37.2 Å². The van der Waals surface area contributed by atoms with E-state index in [-0.39, 0.29) is 0 Å². The smallest absolute Gasteiger partial charge is 0.147 e. The van der Waals surface area contributed by atoms with Crippen molar-refractivity contribution in [3.8, 4) is 0 Å². The Labute approximate surface area is 130 Å². The van der Waals surface area contributed by atoms with Crippen molar-refractivity contribution >= 4 is 51.1 Å². The monoisotopic (exact) mass is 366 g/mol. The first-order valence-electron chi connectivity index (χ1n) is 6.12. The van der Waals surface area contributed by atoms with E-state index in [0.29, 0.717) is 15.7 Å². The van der Waals surface area contributed by atoms with E-state index < -0.39 is 0 Å². The van der Waals surface area contributed by atoms with Crippen LogP contribution in [0, 0.1) is 0 Å². The molecule has 0 bridgehead atoms. The molecule has 1 aliphatic rings. The number of hydrogen-bond acceptors (Lipinski definition) is 4. The van der Waals surface area contributed by atoms with E-state index in [4.69, 9.17) is 16.6 Å². The van der Waals surface area contributed by atoms with E-state index in [1.54, 1.807) is 0 Å². The summed E-state index contributed by atoms with van der Waals surface area (Å²) < 4.78 is 0.844. The van der Waals surface area contributed by atoms with Crippen LogP contribution in [0.2, 0.25) is 5.15 Å². The molecule has 100 valence electrons. The molecule has 0 amide bonds. The Kier molecular flexibility index (Phi) is 5.66. The maximum atomic E-state index is 6.19. The Balaban J connectivity index is 2.34. The lowest BCUT2D eigenvalue weighted by Crippen LogP contribution is -2.21. The SMILES string of the molecule is CCc1nc(C2SCCSC2CC)nc(Cl)c1Br. The summed E-state index contributed by atoms with van der Waals surface area (Å²) in [6, 6.07) is 0. The quantitative estimate of drug-likeness (QED) is 0.720. The molecule has 1 fully saturated rings. The van der Waals surface area contributed by atoms with Gasteiger partial charge in [-0.05, 0) is 28.8 Å². The number of nitrogens with zero attached hydrogens (tertiary/aromatic N) is 2. The van der Waals surface area contributed by atoms with Crippen LogP contribution in [-0.4, -0.2) is 26.7 Å². The first kappa shape index (κ1) is 14.9. The number of aromatic nitrogens is 2. The molecule has 0 aliphatic carbocycles. The van der Waals surface area contributed by atoms with Crippen LogP contribution in [0.4, 0.5) is 0 Å². The summed E-state index contributed by atoms with van der Waals surface area (Å²) in [5.41, 5.74) is 1.01. The van der Waals surface area contributed by atoms with Gasteiger partial charge in [0.05, 0.1) is 15.4 Å². The Hall–Kier alpha value is 0.550. The van der Waals surface area contributed by atoms with Crippen molar-refractivity contribution in [1.29, 1.82) is 0 Å². The summed E-state index contributed by atoms with van der Waals surface area (Å²) in [6.07, 6.45) is 2.03. The zero-order valence-electron chi connectivity index (χ0n) is 10.4.